The van der Waals surface area contributed by atoms with E-state index in [2.05, 4.69) is 10.5 Å². The largest absolute Gasteiger partial charge is 0.369 e. The lowest BCUT2D eigenvalue weighted by Crippen LogP contribution is -2.31. The van der Waals surface area contributed by atoms with Gasteiger partial charge in [-0.3, -0.25) is 9.59 Å². The number of nitrogens with one attached hydrogen (secondary N) is 1. The summed E-state index contributed by atoms with van der Waals surface area (Å²) in [5.74, 6) is -0.416. The molecule has 1 fully saturated rings. The van der Waals surface area contributed by atoms with Crippen LogP contribution in [0.1, 0.15) is 12.8 Å². The van der Waals surface area contributed by atoms with Crippen molar-refractivity contribution in [2.75, 3.05) is 0 Å². The molecule has 0 aromatic heterocycles. The molecular formula is C7H9N3O2S. The lowest BCUT2D eigenvalue weighted by molar-refractivity contribution is -0.121. The molecule has 3 N–H and O–H groups in total. The molecule has 13 heavy (non-hydrogen) atoms. The topological polar surface area (TPSA) is 84.6 Å². The molecule has 0 aromatic carbocycles. The Balaban J connectivity index is 2.13. The van der Waals surface area contributed by atoms with Crippen LogP contribution in [-0.4, -0.2) is 28.0 Å². The summed E-state index contributed by atoms with van der Waals surface area (Å²) >= 11 is 1.44. The lowest BCUT2D eigenvalue weighted by Gasteiger charge is -2.13. The number of rotatable bonds is 1. The molecular weight excluding hydrogens is 190 g/mol. The van der Waals surface area contributed by atoms with E-state index >= 15 is 0 Å². The number of nitrogens with zero attached hydrogens (tertiary/aromatic N) is 1. The molecule has 5 nitrogen and oxygen atoms in total. The second-order valence-corrected chi connectivity index (χ2v) is 4.47. The normalized spacial score (nSPS) is 32.0. The Morgan fingerprint density at radius 2 is 2.38 bits per heavy atom. The zero-order valence-electron chi connectivity index (χ0n) is 6.82. The van der Waals surface area contributed by atoms with E-state index in [0.717, 1.165) is 5.71 Å². The van der Waals surface area contributed by atoms with Gasteiger partial charge < -0.3 is 5.73 Å². The number of primary amides is 1. The second kappa shape index (κ2) is 3.02. The number of carbonyl (C=O) groups is 2. The maximum absolute atomic E-state index is 10.9. The van der Waals surface area contributed by atoms with E-state index in [9.17, 15) is 9.59 Å². The van der Waals surface area contributed by atoms with Crippen LogP contribution >= 0.6 is 11.8 Å². The Kier molecular flexibility index (Phi) is 1.99. The highest BCUT2D eigenvalue weighted by atomic mass is 32.2. The molecule has 2 heterocycles. The number of hydrogen-bond acceptors (Lipinski definition) is 4. The molecule has 70 valence electrons. The molecule has 0 aromatic rings. The summed E-state index contributed by atoms with van der Waals surface area (Å²) in [7, 11) is 0. The molecule has 0 spiro atoms. The summed E-state index contributed by atoms with van der Waals surface area (Å²) in [6.45, 7) is 0. The number of fused-ring (bicyclic) bond motifs is 1. The predicted octanol–water partition coefficient (Wildman–Crippen LogP) is -0.778. The Bertz CT molecular complexity index is 302. The highest BCUT2D eigenvalue weighted by Crippen LogP contribution is 2.34. The number of thioether (sulfide) groups is 1. The van der Waals surface area contributed by atoms with Gasteiger partial charge in [-0.25, -0.2) is 5.43 Å². The zero-order chi connectivity index (χ0) is 9.42. The van der Waals surface area contributed by atoms with Crippen LogP contribution in [0.15, 0.2) is 5.10 Å². The number of hydrazone groups is 1. The van der Waals surface area contributed by atoms with E-state index in [-0.39, 0.29) is 22.3 Å². The van der Waals surface area contributed by atoms with Gasteiger partial charge in [-0.2, -0.15) is 5.10 Å². The predicted molar refractivity (Wildman–Crippen MR) is 49.2 cm³/mol. The van der Waals surface area contributed by atoms with Crippen LogP contribution in [0.3, 0.4) is 0 Å². The van der Waals surface area contributed by atoms with Crippen molar-refractivity contribution in [1.82, 2.24) is 5.43 Å². The van der Waals surface area contributed by atoms with Gasteiger partial charge in [0.2, 0.25) is 11.8 Å². The third-order valence-electron chi connectivity index (χ3n) is 2.11. The van der Waals surface area contributed by atoms with E-state index in [1.165, 1.54) is 11.8 Å². The van der Waals surface area contributed by atoms with Crippen LogP contribution in [0, 0.1) is 0 Å². The molecule has 0 radical (unpaired) electrons. The quantitative estimate of drug-likeness (QED) is 0.581. The van der Waals surface area contributed by atoms with Gasteiger partial charge >= 0.3 is 0 Å². The zero-order valence-corrected chi connectivity index (χ0v) is 7.63. The van der Waals surface area contributed by atoms with Crippen LogP contribution in [0.25, 0.3) is 0 Å². The van der Waals surface area contributed by atoms with E-state index < -0.39 is 0 Å². The molecule has 2 atom stereocenters. The van der Waals surface area contributed by atoms with Crippen LogP contribution in [0.5, 0.6) is 0 Å². The Hall–Kier alpha value is -1.04. The molecule has 6 heteroatoms. The number of amides is 2. The first-order valence-electron chi connectivity index (χ1n) is 3.97. The smallest absolute Gasteiger partial charge is 0.241 e. The van der Waals surface area contributed by atoms with Gasteiger partial charge in [-0.15, -0.1) is 11.8 Å². The SMILES string of the molecule is NC(=O)C1CC2=NNC(=O)CC2S1. The van der Waals surface area contributed by atoms with Gasteiger partial charge in [0.1, 0.15) is 0 Å². The fraction of sp³-hybridized carbons (Fsp3) is 0.571. The summed E-state index contributed by atoms with van der Waals surface area (Å²) in [6, 6.07) is 0. The van der Waals surface area contributed by atoms with Gasteiger partial charge in [0, 0.05) is 12.8 Å². The number of hydrogen-bond donors (Lipinski definition) is 2. The van der Waals surface area contributed by atoms with Crippen LogP contribution in [-0.2, 0) is 9.59 Å². The minimum absolute atomic E-state index is 0.0613. The first-order chi connectivity index (χ1) is 6.16. The second-order valence-electron chi connectivity index (χ2n) is 3.06. The average molecular weight is 199 g/mol. The van der Waals surface area contributed by atoms with Crippen molar-refractivity contribution in [3.05, 3.63) is 0 Å². The monoisotopic (exact) mass is 199 g/mol. The molecule has 0 bridgehead atoms. The number of carbonyl (C=O) groups excluding carboxylic acids is 2. The summed E-state index contributed by atoms with van der Waals surface area (Å²) < 4.78 is 0. The van der Waals surface area contributed by atoms with Crippen LogP contribution < -0.4 is 11.2 Å². The van der Waals surface area contributed by atoms with Gasteiger partial charge in [0.05, 0.1) is 16.2 Å². The molecule has 0 saturated carbocycles. The highest BCUT2D eigenvalue weighted by Gasteiger charge is 2.37. The van der Waals surface area contributed by atoms with Crippen molar-refractivity contribution in [2.45, 2.75) is 23.3 Å². The highest BCUT2D eigenvalue weighted by molar-refractivity contribution is 8.02. The molecule has 2 amide bonds. The van der Waals surface area contributed by atoms with Crippen molar-refractivity contribution in [3.8, 4) is 0 Å². The first-order valence-corrected chi connectivity index (χ1v) is 4.91. The summed E-state index contributed by atoms with van der Waals surface area (Å²) in [6.07, 6.45) is 0.984. The fourth-order valence-electron chi connectivity index (χ4n) is 1.45. The minimum Gasteiger partial charge on any atom is -0.369 e. The van der Waals surface area contributed by atoms with Gasteiger partial charge in [-0.05, 0) is 0 Å². The summed E-state index contributed by atoms with van der Waals surface area (Å²) in [5, 5.41) is 3.74. The summed E-state index contributed by atoms with van der Waals surface area (Å²) in [4.78, 5) is 21.8. The first kappa shape index (κ1) is 8.55. The molecule has 2 aliphatic rings. The third-order valence-corrected chi connectivity index (χ3v) is 3.60. The van der Waals surface area contributed by atoms with Crippen molar-refractivity contribution in [2.24, 2.45) is 10.8 Å². The molecule has 2 rings (SSSR count). The van der Waals surface area contributed by atoms with Crippen molar-refractivity contribution < 1.29 is 9.59 Å². The fourth-order valence-corrected chi connectivity index (χ4v) is 2.80. The van der Waals surface area contributed by atoms with Gasteiger partial charge in [-0.1, -0.05) is 0 Å². The van der Waals surface area contributed by atoms with Crippen LogP contribution in [0.4, 0.5) is 0 Å². The minimum atomic E-state index is -0.324. The van der Waals surface area contributed by atoms with Gasteiger partial charge in [0.15, 0.2) is 0 Å². The molecule has 2 unspecified atom stereocenters. The van der Waals surface area contributed by atoms with Crippen molar-refractivity contribution >= 4 is 29.3 Å². The van der Waals surface area contributed by atoms with E-state index in [4.69, 9.17) is 5.73 Å². The van der Waals surface area contributed by atoms with E-state index in [1.807, 2.05) is 0 Å². The average Bonchev–Trinajstić information content (AvgIpc) is 2.46. The van der Waals surface area contributed by atoms with E-state index in [0.29, 0.717) is 12.8 Å². The van der Waals surface area contributed by atoms with Crippen molar-refractivity contribution in [3.63, 3.8) is 0 Å². The maximum Gasteiger partial charge on any atom is 0.241 e. The lowest BCUT2D eigenvalue weighted by atomic mass is 10.1. The Morgan fingerprint density at radius 1 is 1.62 bits per heavy atom. The van der Waals surface area contributed by atoms with Crippen molar-refractivity contribution in [1.29, 1.82) is 0 Å². The summed E-state index contributed by atoms with van der Waals surface area (Å²) in [5.41, 5.74) is 8.45. The molecule has 0 aliphatic carbocycles. The molecule has 2 aliphatic heterocycles. The van der Waals surface area contributed by atoms with E-state index in [1.54, 1.807) is 0 Å². The Labute approximate surface area is 79.1 Å². The van der Waals surface area contributed by atoms with Crippen LogP contribution in [0.2, 0.25) is 0 Å². The third kappa shape index (κ3) is 1.53. The number of nitrogens with two attached hydrogens (primary N) is 1. The Morgan fingerprint density at radius 3 is 3.08 bits per heavy atom. The maximum atomic E-state index is 10.9. The van der Waals surface area contributed by atoms with Gasteiger partial charge in [0.25, 0.3) is 0 Å². The standard InChI is InChI=1S/C7H9N3O2S/c8-7(12)5-1-3-4(13-5)2-6(11)10-9-3/h4-5H,1-2H2,(H2,8,12)(H,10,11). The molecule has 1 saturated heterocycles.